The normalized spacial score (nSPS) is 15.0. The summed E-state index contributed by atoms with van der Waals surface area (Å²) in [6.07, 6.45) is 1.83. The van der Waals surface area contributed by atoms with E-state index in [0.717, 1.165) is 50.1 Å². The van der Waals surface area contributed by atoms with Gasteiger partial charge in [0.15, 0.2) is 17.5 Å². The molecule has 0 unspecified atom stereocenters. The van der Waals surface area contributed by atoms with Crippen LogP contribution in [0, 0.1) is 0 Å². The number of hydrogen-bond donors (Lipinski definition) is 2. The van der Waals surface area contributed by atoms with E-state index in [0.29, 0.717) is 12.3 Å². The van der Waals surface area contributed by atoms with Crippen LogP contribution < -0.4 is 15.0 Å². The zero-order valence-electron chi connectivity index (χ0n) is 15.9. The molecule has 0 radical (unpaired) electrons. The first-order valence-electron chi connectivity index (χ1n) is 9.26. The number of guanidine groups is 1. The van der Waals surface area contributed by atoms with Gasteiger partial charge in [0, 0.05) is 38.9 Å². The molecule has 0 spiro atoms. The standard InChI is InChI=1S/C20H27N5O2/c1-3-21-20(23-15-16-7-8-18(27-2)17(26)14-16)25-12-10-24(11-13-25)19-6-4-5-9-22-19/h4-9,14,26H,3,10-13,15H2,1-2H3,(H,21,23). The van der Waals surface area contributed by atoms with Crippen molar-refractivity contribution in [1.82, 2.24) is 15.2 Å². The molecule has 1 aliphatic rings. The number of phenolic OH excluding ortho intramolecular Hbond substituents is 1. The topological polar surface area (TPSA) is 73.2 Å². The minimum absolute atomic E-state index is 0.138. The molecule has 3 rings (SSSR count). The van der Waals surface area contributed by atoms with Crippen molar-refractivity contribution in [2.45, 2.75) is 13.5 Å². The van der Waals surface area contributed by atoms with E-state index < -0.39 is 0 Å². The summed E-state index contributed by atoms with van der Waals surface area (Å²) in [6.45, 7) is 6.97. The minimum atomic E-state index is 0.138. The van der Waals surface area contributed by atoms with Crippen molar-refractivity contribution in [3.05, 3.63) is 48.2 Å². The molecule has 0 atom stereocenters. The Balaban J connectivity index is 1.63. The Kier molecular flexibility index (Phi) is 6.35. The molecule has 144 valence electrons. The quantitative estimate of drug-likeness (QED) is 0.621. The lowest BCUT2D eigenvalue weighted by Crippen LogP contribution is -2.52. The first-order valence-corrected chi connectivity index (χ1v) is 9.26. The van der Waals surface area contributed by atoms with Crippen molar-refractivity contribution in [1.29, 1.82) is 0 Å². The second-order valence-corrected chi connectivity index (χ2v) is 6.34. The number of hydrogen-bond acceptors (Lipinski definition) is 5. The van der Waals surface area contributed by atoms with Crippen molar-refractivity contribution in [2.24, 2.45) is 4.99 Å². The number of pyridine rings is 1. The Hall–Kier alpha value is -2.96. The largest absolute Gasteiger partial charge is 0.504 e. The second-order valence-electron chi connectivity index (χ2n) is 6.34. The third-order valence-electron chi connectivity index (χ3n) is 4.54. The first-order chi connectivity index (χ1) is 13.2. The Morgan fingerprint density at radius 2 is 2.04 bits per heavy atom. The number of piperazine rings is 1. The van der Waals surface area contributed by atoms with E-state index in [-0.39, 0.29) is 5.75 Å². The van der Waals surface area contributed by atoms with Crippen LogP contribution in [0.15, 0.2) is 47.6 Å². The number of phenols is 1. The van der Waals surface area contributed by atoms with E-state index in [9.17, 15) is 5.11 Å². The number of nitrogens with zero attached hydrogens (tertiary/aromatic N) is 4. The number of ether oxygens (including phenoxy) is 1. The van der Waals surface area contributed by atoms with Crippen LogP contribution >= 0.6 is 0 Å². The van der Waals surface area contributed by atoms with Gasteiger partial charge in [0.2, 0.25) is 0 Å². The molecule has 2 N–H and O–H groups in total. The summed E-state index contributed by atoms with van der Waals surface area (Å²) >= 11 is 0. The third-order valence-corrected chi connectivity index (χ3v) is 4.54. The lowest BCUT2D eigenvalue weighted by Gasteiger charge is -2.37. The van der Waals surface area contributed by atoms with Crippen molar-refractivity contribution in [3.8, 4) is 11.5 Å². The van der Waals surface area contributed by atoms with Crippen molar-refractivity contribution < 1.29 is 9.84 Å². The summed E-state index contributed by atoms with van der Waals surface area (Å²) in [5.74, 6) is 2.53. The fourth-order valence-corrected chi connectivity index (χ4v) is 3.11. The van der Waals surface area contributed by atoms with E-state index in [1.807, 2.05) is 30.5 Å². The average molecular weight is 369 g/mol. The lowest BCUT2D eigenvalue weighted by atomic mass is 10.2. The zero-order valence-corrected chi connectivity index (χ0v) is 15.9. The van der Waals surface area contributed by atoms with E-state index in [1.165, 1.54) is 0 Å². The molecule has 1 fully saturated rings. The zero-order chi connectivity index (χ0) is 19.1. The molecule has 2 aromatic rings. The van der Waals surface area contributed by atoms with Gasteiger partial charge in [-0.1, -0.05) is 12.1 Å². The number of benzene rings is 1. The second kappa shape index (κ2) is 9.12. The molecule has 2 heterocycles. The smallest absolute Gasteiger partial charge is 0.194 e. The maximum Gasteiger partial charge on any atom is 0.194 e. The van der Waals surface area contributed by atoms with E-state index in [2.05, 4.69) is 27.0 Å². The number of aromatic hydroxyl groups is 1. The van der Waals surface area contributed by atoms with Crippen LogP contribution in [0.2, 0.25) is 0 Å². The van der Waals surface area contributed by atoms with Crippen LogP contribution in [0.3, 0.4) is 0 Å². The fourth-order valence-electron chi connectivity index (χ4n) is 3.11. The number of anilines is 1. The van der Waals surface area contributed by atoms with Gasteiger partial charge in [-0.2, -0.15) is 0 Å². The van der Waals surface area contributed by atoms with Gasteiger partial charge in [0.1, 0.15) is 5.82 Å². The monoisotopic (exact) mass is 369 g/mol. The van der Waals surface area contributed by atoms with Gasteiger partial charge in [-0.3, -0.25) is 0 Å². The van der Waals surface area contributed by atoms with Crippen LogP contribution in [0.5, 0.6) is 11.5 Å². The Morgan fingerprint density at radius 3 is 2.67 bits per heavy atom. The van der Waals surface area contributed by atoms with Gasteiger partial charge >= 0.3 is 0 Å². The van der Waals surface area contributed by atoms with Crippen LogP contribution in [0.4, 0.5) is 5.82 Å². The Labute approximate surface area is 160 Å². The van der Waals surface area contributed by atoms with E-state index in [4.69, 9.17) is 9.73 Å². The van der Waals surface area contributed by atoms with Crippen molar-refractivity contribution in [2.75, 3.05) is 44.7 Å². The highest BCUT2D eigenvalue weighted by molar-refractivity contribution is 5.80. The molecule has 1 aromatic heterocycles. The molecule has 1 saturated heterocycles. The summed E-state index contributed by atoms with van der Waals surface area (Å²) in [5, 5.41) is 13.3. The number of aliphatic imine (C=N–C) groups is 1. The molecular formula is C20H27N5O2. The van der Waals surface area contributed by atoms with Crippen molar-refractivity contribution >= 4 is 11.8 Å². The summed E-state index contributed by atoms with van der Waals surface area (Å²) in [6, 6.07) is 11.4. The highest BCUT2D eigenvalue weighted by Crippen LogP contribution is 2.26. The maximum atomic E-state index is 9.94. The van der Waals surface area contributed by atoms with Gasteiger partial charge in [-0.05, 0) is 36.8 Å². The molecule has 0 bridgehead atoms. The maximum absolute atomic E-state index is 9.94. The number of aromatic nitrogens is 1. The Morgan fingerprint density at radius 1 is 1.22 bits per heavy atom. The van der Waals surface area contributed by atoms with Gasteiger partial charge in [0.05, 0.1) is 13.7 Å². The molecule has 0 aliphatic carbocycles. The van der Waals surface area contributed by atoms with Crippen LogP contribution in [0.25, 0.3) is 0 Å². The fraction of sp³-hybridized carbons (Fsp3) is 0.400. The lowest BCUT2D eigenvalue weighted by molar-refractivity contribution is 0.370. The molecule has 0 amide bonds. The van der Waals surface area contributed by atoms with Crippen LogP contribution in [-0.4, -0.2) is 60.8 Å². The molecule has 7 nitrogen and oxygen atoms in total. The summed E-state index contributed by atoms with van der Waals surface area (Å²) in [7, 11) is 1.54. The predicted molar refractivity (Wildman–Crippen MR) is 107 cm³/mol. The number of rotatable bonds is 5. The predicted octanol–water partition coefficient (Wildman–Crippen LogP) is 2.08. The van der Waals surface area contributed by atoms with Gasteiger partial charge in [-0.15, -0.1) is 0 Å². The van der Waals surface area contributed by atoms with Crippen LogP contribution in [0.1, 0.15) is 12.5 Å². The SMILES string of the molecule is CCNC(=NCc1ccc(OC)c(O)c1)N1CCN(c2ccccn2)CC1. The highest BCUT2D eigenvalue weighted by atomic mass is 16.5. The van der Waals surface area contributed by atoms with Crippen molar-refractivity contribution in [3.63, 3.8) is 0 Å². The third kappa shape index (κ3) is 4.81. The van der Waals surface area contributed by atoms with E-state index >= 15 is 0 Å². The summed E-state index contributed by atoms with van der Waals surface area (Å²) < 4.78 is 5.09. The molecule has 0 saturated carbocycles. The number of methoxy groups -OCH3 is 1. The minimum Gasteiger partial charge on any atom is -0.504 e. The molecule has 27 heavy (non-hydrogen) atoms. The molecule has 7 heteroatoms. The molecular weight excluding hydrogens is 342 g/mol. The summed E-state index contributed by atoms with van der Waals surface area (Å²) in [4.78, 5) is 13.7. The van der Waals surface area contributed by atoms with Gasteiger partial charge in [-0.25, -0.2) is 9.98 Å². The highest BCUT2D eigenvalue weighted by Gasteiger charge is 2.20. The van der Waals surface area contributed by atoms with E-state index in [1.54, 1.807) is 19.2 Å². The Bertz CT molecular complexity index is 758. The number of nitrogens with one attached hydrogen (secondary N) is 1. The first kappa shape index (κ1) is 18.8. The van der Waals surface area contributed by atoms with Gasteiger partial charge in [0.25, 0.3) is 0 Å². The van der Waals surface area contributed by atoms with Crippen LogP contribution in [-0.2, 0) is 6.54 Å². The summed E-state index contributed by atoms with van der Waals surface area (Å²) in [5.41, 5.74) is 0.941. The van der Waals surface area contributed by atoms with Gasteiger partial charge < -0.3 is 25.0 Å². The molecule has 1 aromatic carbocycles. The molecule has 1 aliphatic heterocycles. The average Bonchev–Trinajstić information content (AvgIpc) is 2.72.